The summed E-state index contributed by atoms with van der Waals surface area (Å²) < 4.78 is 5.38. The van der Waals surface area contributed by atoms with Crippen molar-refractivity contribution < 1.29 is 9.84 Å². The fraction of sp³-hybridized carbons (Fsp3) is 0.600. The number of nitrogens with zero attached hydrogens (tertiary/aromatic N) is 1. The summed E-state index contributed by atoms with van der Waals surface area (Å²) in [6.45, 7) is 5.93. The number of halogens is 1. The van der Waals surface area contributed by atoms with Gasteiger partial charge < -0.3 is 9.84 Å². The molecule has 3 nitrogen and oxygen atoms in total. The molecule has 0 spiro atoms. The van der Waals surface area contributed by atoms with Crippen LogP contribution in [0.3, 0.4) is 0 Å². The van der Waals surface area contributed by atoms with E-state index in [0.717, 1.165) is 30.7 Å². The average molecular weight is 286 g/mol. The maximum absolute atomic E-state index is 9.24. The molecule has 4 heteroatoms. The van der Waals surface area contributed by atoms with Gasteiger partial charge >= 0.3 is 0 Å². The Hall–Kier alpha value is -0.770. The summed E-state index contributed by atoms with van der Waals surface area (Å²) in [7, 11) is 1.67. The van der Waals surface area contributed by atoms with Crippen LogP contribution in [0.25, 0.3) is 0 Å². The number of rotatable bonds is 8. The Morgan fingerprint density at radius 3 is 2.53 bits per heavy atom. The van der Waals surface area contributed by atoms with E-state index in [4.69, 9.17) is 16.3 Å². The van der Waals surface area contributed by atoms with Gasteiger partial charge in [-0.05, 0) is 31.0 Å². The highest BCUT2D eigenvalue weighted by Gasteiger charge is 2.17. The minimum Gasteiger partial charge on any atom is -0.496 e. The molecule has 0 atom stereocenters. The standard InChI is InChI=1S/C15H24ClNO2/c1-4-14(5-2)17(8-9-18)11-12-10-13(16)6-7-15(12)19-3/h6-7,10,14,18H,4-5,8-9,11H2,1-3H3. The zero-order chi connectivity index (χ0) is 14.3. The molecule has 0 saturated heterocycles. The van der Waals surface area contributed by atoms with E-state index in [-0.39, 0.29) is 6.61 Å². The fourth-order valence-corrected chi connectivity index (χ4v) is 2.61. The van der Waals surface area contributed by atoms with Gasteiger partial charge in [0.15, 0.2) is 0 Å². The second kappa shape index (κ2) is 8.41. The predicted octanol–water partition coefficient (Wildman–Crippen LogP) is 3.33. The first-order chi connectivity index (χ1) is 9.15. The molecule has 0 amide bonds. The van der Waals surface area contributed by atoms with Gasteiger partial charge in [-0.2, -0.15) is 0 Å². The summed E-state index contributed by atoms with van der Waals surface area (Å²) in [5, 5.41) is 9.95. The van der Waals surface area contributed by atoms with Crippen molar-refractivity contribution in [3.63, 3.8) is 0 Å². The molecule has 0 radical (unpaired) electrons. The molecule has 1 aromatic carbocycles. The van der Waals surface area contributed by atoms with Crippen molar-refractivity contribution >= 4 is 11.6 Å². The first kappa shape index (κ1) is 16.3. The molecule has 0 aliphatic rings. The average Bonchev–Trinajstić information content (AvgIpc) is 2.40. The maximum Gasteiger partial charge on any atom is 0.123 e. The van der Waals surface area contributed by atoms with Crippen molar-refractivity contribution in [3.05, 3.63) is 28.8 Å². The molecule has 0 aliphatic carbocycles. The number of aliphatic hydroxyl groups excluding tert-OH is 1. The van der Waals surface area contributed by atoms with Crippen LogP contribution in [-0.2, 0) is 6.54 Å². The summed E-state index contributed by atoms with van der Waals surface area (Å²) in [6, 6.07) is 6.13. The van der Waals surface area contributed by atoms with Crippen molar-refractivity contribution in [2.75, 3.05) is 20.3 Å². The molecule has 0 aromatic heterocycles. The topological polar surface area (TPSA) is 32.7 Å². The number of hydrogen-bond donors (Lipinski definition) is 1. The van der Waals surface area contributed by atoms with E-state index in [1.54, 1.807) is 7.11 Å². The largest absolute Gasteiger partial charge is 0.496 e. The second-order valence-electron chi connectivity index (χ2n) is 4.62. The van der Waals surface area contributed by atoms with Crippen molar-refractivity contribution in [3.8, 4) is 5.75 Å². The number of hydrogen-bond acceptors (Lipinski definition) is 3. The molecule has 19 heavy (non-hydrogen) atoms. The predicted molar refractivity (Wildman–Crippen MR) is 79.9 cm³/mol. The van der Waals surface area contributed by atoms with Crippen LogP contribution in [0.15, 0.2) is 18.2 Å². The molecular formula is C15H24ClNO2. The summed E-state index contributed by atoms with van der Waals surface area (Å²) in [5.41, 5.74) is 1.07. The molecular weight excluding hydrogens is 262 g/mol. The van der Waals surface area contributed by atoms with Gasteiger partial charge in [0.05, 0.1) is 13.7 Å². The van der Waals surface area contributed by atoms with Gasteiger partial charge in [-0.25, -0.2) is 0 Å². The summed E-state index contributed by atoms with van der Waals surface area (Å²) in [5.74, 6) is 0.846. The number of benzene rings is 1. The van der Waals surface area contributed by atoms with E-state index in [2.05, 4.69) is 18.7 Å². The minimum atomic E-state index is 0.166. The van der Waals surface area contributed by atoms with Gasteiger partial charge in [0, 0.05) is 29.7 Å². The SMILES string of the molecule is CCC(CC)N(CCO)Cc1cc(Cl)ccc1OC. The van der Waals surface area contributed by atoms with Crippen LogP contribution in [0.2, 0.25) is 5.02 Å². The first-order valence-electron chi connectivity index (χ1n) is 6.83. The summed E-state index contributed by atoms with van der Waals surface area (Å²) in [4.78, 5) is 2.29. The Balaban J connectivity index is 2.91. The minimum absolute atomic E-state index is 0.166. The third-order valence-electron chi connectivity index (χ3n) is 3.46. The molecule has 0 heterocycles. The van der Waals surface area contributed by atoms with Crippen LogP contribution >= 0.6 is 11.6 Å². The third-order valence-corrected chi connectivity index (χ3v) is 3.70. The molecule has 108 valence electrons. The van der Waals surface area contributed by atoms with Gasteiger partial charge in [0.2, 0.25) is 0 Å². The van der Waals surface area contributed by atoms with Crippen LogP contribution in [-0.4, -0.2) is 36.3 Å². The Bertz CT molecular complexity index is 380. The highest BCUT2D eigenvalue weighted by Crippen LogP contribution is 2.25. The van der Waals surface area contributed by atoms with E-state index in [1.165, 1.54) is 0 Å². The van der Waals surface area contributed by atoms with Crippen molar-refractivity contribution in [2.45, 2.75) is 39.3 Å². The summed E-state index contributed by atoms with van der Waals surface area (Å²) >= 11 is 6.06. The van der Waals surface area contributed by atoms with E-state index in [1.807, 2.05) is 18.2 Å². The quantitative estimate of drug-likeness (QED) is 0.795. The molecule has 1 aromatic rings. The lowest BCUT2D eigenvalue weighted by Gasteiger charge is -2.30. The Labute approximate surface area is 121 Å². The highest BCUT2D eigenvalue weighted by molar-refractivity contribution is 6.30. The molecule has 0 aliphatic heterocycles. The van der Waals surface area contributed by atoms with Gasteiger partial charge in [0.25, 0.3) is 0 Å². The van der Waals surface area contributed by atoms with Crippen molar-refractivity contribution in [1.29, 1.82) is 0 Å². The lowest BCUT2D eigenvalue weighted by Crippen LogP contribution is -2.36. The Morgan fingerprint density at radius 2 is 2.00 bits per heavy atom. The molecule has 0 fully saturated rings. The molecule has 1 N–H and O–H groups in total. The Morgan fingerprint density at radius 1 is 1.32 bits per heavy atom. The van der Waals surface area contributed by atoms with Crippen molar-refractivity contribution in [1.82, 2.24) is 4.90 Å². The highest BCUT2D eigenvalue weighted by atomic mass is 35.5. The van der Waals surface area contributed by atoms with Gasteiger partial charge in [0.1, 0.15) is 5.75 Å². The van der Waals surface area contributed by atoms with Gasteiger partial charge in [-0.3, -0.25) is 4.90 Å². The van der Waals surface area contributed by atoms with Gasteiger partial charge in [-0.15, -0.1) is 0 Å². The van der Waals surface area contributed by atoms with E-state index in [9.17, 15) is 5.11 Å². The zero-order valence-electron chi connectivity index (χ0n) is 12.0. The van der Waals surface area contributed by atoms with E-state index < -0.39 is 0 Å². The zero-order valence-corrected chi connectivity index (χ0v) is 12.8. The van der Waals surface area contributed by atoms with E-state index >= 15 is 0 Å². The lowest BCUT2D eigenvalue weighted by atomic mass is 10.1. The number of methoxy groups -OCH3 is 1. The smallest absolute Gasteiger partial charge is 0.123 e. The molecule has 0 unspecified atom stereocenters. The normalized spacial score (nSPS) is 11.3. The number of aliphatic hydroxyl groups is 1. The van der Waals surface area contributed by atoms with Crippen LogP contribution in [0, 0.1) is 0 Å². The lowest BCUT2D eigenvalue weighted by molar-refractivity contribution is 0.135. The monoisotopic (exact) mass is 285 g/mol. The van der Waals surface area contributed by atoms with Crippen LogP contribution in [0.1, 0.15) is 32.3 Å². The molecule has 0 bridgehead atoms. The maximum atomic E-state index is 9.24. The third kappa shape index (κ3) is 4.68. The number of ether oxygens (including phenoxy) is 1. The van der Waals surface area contributed by atoms with Gasteiger partial charge in [-0.1, -0.05) is 25.4 Å². The van der Waals surface area contributed by atoms with Crippen LogP contribution in [0.4, 0.5) is 0 Å². The van der Waals surface area contributed by atoms with Crippen LogP contribution in [0.5, 0.6) is 5.75 Å². The molecule has 1 rings (SSSR count). The first-order valence-corrected chi connectivity index (χ1v) is 7.21. The second-order valence-corrected chi connectivity index (χ2v) is 5.06. The van der Waals surface area contributed by atoms with E-state index in [0.29, 0.717) is 17.6 Å². The van der Waals surface area contributed by atoms with Crippen LogP contribution < -0.4 is 4.74 Å². The Kier molecular flexibility index (Phi) is 7.21. The molecule has 0 saturated carbocycles. The summed E-state index contributed by atoms with van der Waals surface area (Å²) in [6.07, 6.45) is 2.14. The fourth-order valence-electron chi connectivity index (χ4n) is 2.41. The van der Waals surface area contributed by atoms with Crippen molar-refractivity contribution in [2.24, 2.45) is 0 Å².